The number of hydrogen-bond donors (Lipinski definition) is 3. The molecule has 0 saturated carbocycles. The van der Waals surface area contributed by atoms with E-state index in [1.807, 2.05) is 30.3 Å². The number of carbonyl (C=O) groups excluding carboxylic acids is 3. The van der Waals surface area contributed by atoms with E-state index >= 15 is 0 Å². The number of carbonyl (C=O) groups is 3. The summed E-state index contributed by atoms with van der Waals surface area (Å²) in [5.41, 5.74) is 7.26. The van der Waals surface area contributed by atoms with Crippen LogP contribution in [-0.2, 0) is 14.4 Å². The van der Waals surface area contributed by atoms with Crippen LogP contribution in [0.1, 0.15) is 18.4 Å². The quantitative estimate of drug-likeness (QED) is 0.670. The van der Waals surface area contributed by atoms with Crippen LogP contribution in [0.25, 0.3) is 0 Å². The molecule has 2 atom stereocenters. The molecule has 1 fully saturated rings. The lowest BCUT2D eigenvalue weighted by Crippen LogP contribution is -2.43. The van der Waals surface area contributed by atoms with Crippen LogP contribution >= 0.6 is 12.4 Å². The summed E-state index contributed by atoms with van der Waals surface area (Å²) in [6.07, 6.45) is 0. The van der Waals surface area contributed by atoms with E-state index in [2.05, 4.69) is 10.6 Å². The summed E-state index contributed by atoms with van der Waals surface area (Å²) in [5.74, 6) is -0.746. The number of likely N-dealkylation sites (tertiary alicyclic amines) is 1. The maximum absolute atomic E-state index is 12.2. The van der Waals surface area contributed by atoms with Gasteiger partial charge < -0.3 is 21.3 Å². The summed E-state index contributed by atoms with van der Waals surface area (Å²) in [6, 6.07) is 9.75. The zero-order valence-corrected chi connectivity index (χ0v) is 14.3. The van der Waals surface area contributed by atoms with Gasteiger partial charge in [0, 0.05) is 32.0 Å². The van der Waals surface area contributed by atoms with Gasteiger partial charge in [-0.05, 0) is 5.56 Å². The fourth-order valence-corrected chi connectivity index (χ4v) is 2.64. The molecule has 0 bridgehead atoms. The number of nitrogens with two attached hydrogens (primary N) is 1. The maximum Gasteiger partial charge on any atom is 0.242 e. The Morgan fingerprint density at radius 1 is 1.12 bits per heavy atom. The SMILES string of the molecule is CC(=O)NCC(=O)NCC(=O)N1C[C@@H](N)[C@H](c2ccccc2)C1.Cl. The van der Waals surface area contributed by atoms with E-state index in [0.717, 1.165) is 5.56 Å². The molecule has 24 heavy (non-hydrogen) atoms. The zero-order chi connectivity index (χ0) is 16.8. The van der Waals surface area contributed by atoms with Gasteiger partial charge in [0.05, 0.1) is 13.1 Å². The molecule has 0 radical (unpaired) electrons. The Morgan fingerprint density at radius 2 is 1.79 bits per heavy atom. The van der Waals surface area contributed by atoms with Crippen LogP contribution in [0.2, 0.25) is 0 Å². The third-order valence-corrected chi connectivity index (χ3v) is 3.88. The van der Waals surface area contributed by atoms with Gasteiger partial charge in [-0.1, -0.05) is 30.3 Å². The first-order valence-electron chi connectivity index (χ1n) is 7.57. The number of nitrogens with zero attached hydrogens (tertiary/aromatic N) is 1. The van der Waals surface area contributed by atoms with Gasteiger partial charge >= 0.3 is 0 Å². The van der Waals surface area contributed by atoms with Crippen molar-refractivity contribution in [3.63, 3.8) is 0 Å². The number of benzene rings is 1. The van der Waals surface area contributed by atoms with Gasteiger partial charge in [0.15, 0.2) is 0 Å². The van der Waals surface area contributed by atoms with Crippen LogP contribution in [0.4, 0.5) is 0 Å². The van der Waals surface area contributed by atoms with Crippen LogP contribution < -0.4 is 16.4 Å². The van der Waals surface area contributed by atoms with Crippen molar-refractivity contribution in [2.24, 2.45) is 5.73 Å². The highest BCUT2D eigenvalue weighted by Gasteiger charge is 2.33. The Balaban J connectivity index is 0.00000288. The minimum Gasteiger partial charge on any atom is -0.347 e. The van der Waals surface area contributed by atoms with E-state index in [9.17, 15) is 14.4 Å². The number of rotatable bonds is 5. The molecule has 0 spiro atoms. The van der Waals surface area contributed by atoms with Crippen molar-refractivity contribution < 1.29 is 14.4 Å². The molecule has 0 aromatic heterocycles. The number of amides is 3. The molecule has 1 aliphatic heterocycles. The Bertz CT molecular complexity index is 582. The number of halogens is 1. The molecule has 1 saturated heterocycles. The van der Waals surface area contributed by atoms with Crippen molar-refractivity contribution in [1.29, 1.82) is 0 Å². The summed E-state index contributed by atoms with van der Waals surface area (Å²) >= 11 is 0. The fourth-order valence-electron chi connectivity index (χ4n) is 2.64. The van der Waals surface area contributed by atoms with Crippen LogP contribution in [0.15, 0.2) is 30.3 Å². The fraction of sp³-hybridized carbons (Fsp3) is 0.438. The molecule has 8 heteroatoms. The number of nitrogens with one attached hydrogen (secondary N) is 2. The Morgan fingerprint density at radius 3 is 2.42 bits per heavy atom. The molecule has 1 heterocycles. The molecule has 4 N–H and O–H groups in total. The molecule has 1 aromatic carbocycles. The first-order valence-corrected chi connectivity index (χ1v) is 7.57. The summed E-state index contributed by atoms with van der Waals surface area (Å²) in [7, 11) is 0. The predicted molar refractivity (Wildman–Crippen MR) is 92.7 cm³/mol. The molecule has 2 rings (SSSR count). The largest absolute Gasteiger partial charge is 0.347 e. The lowest BCUT2D eigenvalue weighted by atomic mass is 9.95. The topological polar surface area (TPSA) is 105 Å². The Labute approximate surface area is 147 Å². The average molecular weight is 355 g/mol. The summed E-state index contributed by atoms with van der Waals surface area (Å²) in [6.45, 7) is 2.13. The van der Waals surface area contributed by atoms with Gasteiger partial charge in [0.25, 0.3) is 0 Å². The van der Waals surface area contributed by atoms with E-state index in [1.54, 1.807) is 4.90 Å². The summed E-state index contributed by atoms with van der Waals surface area (Å²) < 4.78 is 0. The lowest BCUT2D eigenvalue weighted by Gasteiger charge is -2.17. The third kappa shape index (κ3) is 5.50. The highest BCUT2D eigenvalue weighted by Crippen LogP contribution is 2.26. The van der Waals surface area contributed by atoms with Gasteiger partial charge in [-0.15, -0.1) is 12.4 Å². The average Bonchev–Trinajstić information content (AvgIpc) is 2.93. The predicted octanol–water partition coefficient (Wildman–Crippen LogP) is -0.386. The Hall–Kier alpha value is -2.12. The van der Waals surface area contributed by atoms with Gasteiger partial charge in [0.1, 0.15) is 0 Å². The van der Waals surface area contributed by atoms with Crippen molar-refractivity contribution in [2.75, 3.05) is 26.2 Å². The van der Waals surface area contributed by atoms with Crippen LogP contribution in [0.5, 0.6) is 0 Å². The van der Waals surface area contributed by atoms with E-state index in [1.165, 1.54) is 6.92 Å². The maximum atomic E-state index is 12.2. The molecule has 0 unspecified atom stereocenters. The molecule has 132 valence electrons. The second-order valence-corrected chi connectivity index (χ2v) is 5.67. The van der Waals surface area contributed by atoms with Crippen molar-refractivity contribution in [3.05, 3.63) is 35.9 Å². The highest BCUT2D eigenvalue weighted by molar-refractivity contribution is 5.87. The minimum atomic E-state index is -0.392. The Kier molecular flexibility index (Phi) is 7.67. The van der Waals surface area contributed by atoms with Crippen molar-refractivity contribution in [2.45, 2.75) is 18.9 Å². The first-order chi connectivity index (χ1) is 11.0. The molecule has 7 nitrogen and oxygen atoms in total. The van der Waals surface area contributed by atoms with Gasteiger partial charge in [-0.2, -0.15) is 0 Å². The van der Waals surface area contributed by atoms with E-state index in [4.69, 9.17) is 5.73 Å². The standard InChI is InChI=1S/C16H22N4O3.ClH/c1-11(21)18-7-15(22)19-8-16(23)20-9-13(14(17)10-20)12-5-3-2-4-6-12;/h2-6,13-14H,7-10,17H2,1H3,(H,18,21)(H,19,22);1H/t13-,14+;/m0./s1. The molecular formula is C16H23ClN4O3. The highest BCUT2D eigenvalue weighted by atomic mass is 35.5. The van der Waals surface area contributed by atoms with Gasteiger partial charge in [-0.3, -0.25) is 14.4 Å². The van der Waals surface area contributed by atoms with Crippen LogP contribution in [-0.4, -0.2) is 54.8 Å². The van der Waals surface area contributed by atoms with Crippen molar-refractivity contribution >= 4 is 30.1 Å². The smallest absolute Gasteiger partial charge is 0.242 e. The number of hydrogen-bond acceptors (Lipinski definition) is 4. The lowest BCUT2D eigenvalue weighted by molar-refractivity contribution is -0.132. The molecular weight excluding hydrogens is 332 g/mol. The summed E-state index contributed by atoms with van der Waals surface area (Å²) in [5, 5.41) is 4.88. The normalized spacial score (nSPS) is 19.3. The second-order valence-electron chi connectivity index (χ2n) is 5.67. The molecule has 3 amide bonds. The van der Waals surface area contributed by atoms with Crippen molar-refractivity contribution in [3.8, 4) is 0 Å². The monoisotopic (exact) mass is 354 g/mol. The van der Waals surface area contributed by atoms with Crippen LogP contribution in [0.3, 0.4) is 0 Å². The molecule has 1 aliphatic rings. The third-order valence-electron chi connectivity index (χ3n) is 3.88. The van der Waals surface area contributed by atoms with E-state index < -0.39 is 5.91 Å². The van der Waals surface area contributed by atoms with Gasteiger partial charge in [-0.25, -0.2) is 0 Å². The summed E-state index contributed by atoms with van der Waals surface area (Å²) in [4.78, 5) is 36.1. The second kappa shape index (κ2) is 9.24. The molecule has 1 aromatic rings. The first kappa shape index (κ1) is 19.9. The van der Waals surface area contributed by atoms with E-state index in [0.29, 0.717) is 13.1 Å². The minimum absolute atomic E-state index is 0. The van der Waals surface area contributed by atoms with Crippen LogP contribution in [0, 0.1) is 0 Å². The molecule has 0 aliphatic carbocycles. The zero-order valence-electron chi connectivity index (χ0n) is 13.5. The van der Waals surface area contributed by atoms with E-state index in [-0.39, 0.29) is 49.3 Å². The van der Waals surface area contributed by atoms with Crippen molar-refractivity contribution in [1.82, 2.24) is 15.5 Å². The van der Waals surface area contributed by atoms with Gasteiger partial charge in [0.2, 0.25) is 17.7 Å².